The van der Waals surface area contributed by atoms with Crippen molar-refractivity contribution in [3.05, 3.63) is 142 Å². The number of thiazole rings is 1. The van der Waals surface area contributed by atoms with Crippen LogP contribution in [-0.4, -0.2) is 4.57 Å². The molecule has 0 bridgehead atoms. The van der Waals surface area contributed by atoms with Gasteiger partial charge in [0.25, 0.3) is 5.56 Å². The van der Waals surface area contributed by atoms with Crippen LogP contribution in [-0.2, 0) is 12.6 Å². The number of aromatic nitrogens is 1. The second-order valence-electron chi connectivity index (χ2n) is 10.1. The van der Waals surface area contributed by atoms with Crippen LogP contribution >= 0.6 is 34.5 Å². The van der Waals surface area contributed by atoms with Crippen molar-refractivity contribution >= 4 is 46.3 Å². The van der Waals surface area contributed by atoms with Crippen molar-refractivity contribution in [2.24, 2.45) is 4.99 Å². The van der Waals surface area contributed by atoms with E-state index in [0.717, 1.165) is 41.0 Å². The van der Waals surface area contributed by atoms with E-state index in [1.54, 1.807) is 41.0 Å². The maximum Gasteiger partial charge on any atom is 0.416 e. The van der Waals surface area contributed by atoms with Crippen LogP contribution in [0.5, 0.6) is 0 Å². The Bertz CT molecular complexity index is 2110. The molecular formula is C32H19Cl2F3N2O2S. The van der Waals surface area contributed by atoms with Gasteiger partial charge in [-0.2, -0.15) is 13.2 Å². The van der Waals surface area contributed by atoms with E-state index in [-0.39, 0.29) is 16.9 Å². The molecule has 1 aliphatic carbocycles. The average Bonchev–Trinajstić information content (AvgIpc) is 3.56. The quantitative estimate of drug-likeness (QED) is 0.205. The lowest BCUT2D eigenvalue weighted by Gasteiger charge is -2.31. The Labute approximate surface area is 251 Å². The summed E-state index contributed by atoms with van der Waals surface area (Å²) in [5, 5.41) is 0.945. The van der Waals surface area contributed by atoms with Gasteiger partial charge in [0.1, 0.15) is 11.5 Å². The Morgan fingerprint density at radius 1 is 0.976 bits per heavy atom. The topological polar surface area (TPSA) is 47.5 Å². The number of allylic oxidation sites excluding steroid dienone is 1. The van der Waals surface area contributed by atoms with Crippen molar-refractivity contribution in [2.75, 3.05) is 0 Å². The Kier molecular flexibility index (Phi) is 6.53. The fraction of sp³-hybridized carbons (Fsp3) is 0.125. The van der Waals surface area contributed by atoms with E-state index in [4.69, 9.17) is 32.6 Å². The first-order valence-electron chi connectivity index (χ1n) is 13.0. The van der Waals surface area contributed by atoms with Gasteiger partial charge in [-0.05, 0) is 65.9 Å². The minimum atomic E-state index is -4.47. The number of furan rings is 1. The Morgan fingerprint density at radius 3 is 2.62 bits per heavy atom. The number of aryl methyl sites for hydroxylation is 1. The molecule has 0 spiro atoms. The summed E-state index contributed by atoms with van der Waals surface area (Å²) >= 11 is 14.1. The van der Waals surface area contributed by atoms with E-state index in [0.29, 0.717) is 31.6 Å². The predicted molar refractivity (Wildman–Crippen MR) is 158 cm³/mol. The standard InChI is InChI=1S/C32H19Cl2F3N2O2S/c33-20-9-12-23(25(34)15-20)29-24-11-8-17-4-1-2-7-22(17)28(24)38-31-39(29)30(40)27(42-31)16-21-10-13-26(41-21)18-5-3-6-19(14-18)32(35,36)37/h1-7,9-10,12-16,29H,8,11H2/t29-/m0/s1. The fourth-order valence-corrected chi connectivity index (χ4v) is 7.08. The molecule has 7 rings (SSSR count). The van der Waals surface area contributed by atoms with E-state index in [9.17, 15) is 18.0 Å². The van der Waals surface area contributed by atoms with Gasteiger partial charge in [-0.15, -0.1) is 0 Å². The van der Waals surface area contributed by atoms with Crippen molar-refractivity contribution in [1.29, 1.82) is 0 Å². The number of halogens is 5. The number of nitrogens with zero attached hydrogens (tertiary/aromatic N) is 2. The second-order valence-corrected chi connectivity index (χ2v) is 11.9. The van der Waals surface area contributed by atoms with Crippen LogP contribution in [0.25, 0.3) is 23.1 Å². The van der Waals surface area contributed by atoms with Gasteiger partial charge in [-0.1, -0.05) is 77.0 Å². The van der Waals surface area contributed by atoms with E-state index >= 15 is 0 Å². The minimum Gasteiger partial charge on any atom is -0.457 e. The van der Waals surface area contributed by atoms with Gasteiger partial charge < -0.3 is 4.42 Å². The lowest BCUT2D eigenvalue weighted by Crippen LogP contribution is -2.38. The lowest BCUT2D eigenvalue weighted by atomic mass is 9.83. The largest absolute Gasteiger partial charge is 0.457 e. The molecule has 0 fully saturated rings. The van der Waals surface area contributed by atoms with Gasteiger partial charge in [0.15, 0.2) is 4.80 Å². The third-order valence-electron chi connectivity index (χ3n) is 7.50. The molecule has 2 aliphatic rings. The van der Waals surface area contributed by atoms with Gasteiger partial charge in [-0.3, -0.25) is 9.36 Å². The Morgan fingerprint density at radius 2 is 1.81 bits per heavy atom. The average molecular weight is 623 g/mol. The van der Waals surface area contributed by atoms with Crippen molar-refractivity contribution in [3.8, 4) is 11.3 Å². The van der Waals surface area contributed by atoms with Crippen molar-refractivity contribution in [2.45, 2.75) is 25.1 Å². The molecule has 0 N–H and O–H groups in total. The van der Waals surface area contributed by atoms with E-state index in [1.165, 1.54) is 23.0 Å². The molecule has 42 heavy (non-hydrogen) atoms. The minimum absolute atomic E-state index is 0.262. The zero-order valence-corrected chi connectivity index (χ0v) is 23.9. The van der Waals surface area contributed by atoms with Gasteiger partial charge in [0, 0.05) is 27.2 Å². The van der Waals surface area contributed by atoms with Crippen molar-refractivity contribution in [1.82, 2.24) is 4.57 Å². The summed E-state index contributed by atoms with van der Waals surface area (Å²) in [4.78, 5) is 19.4. The zero-order chi connectivity index (χ0) is 29.2. The van der Waals surface area contributed by atoms with Gasteiger partial charge >= 0.3 is 6.18 Å². The molecule has 2 aromatic heterocycles. The molecule has 10 heteroatoms. The number of fused-ring (bicyclic) bond motifs is 3. The summed E-state index contributed by atoms with van der Waals surface area (Å²) in [6, 6.07) is 21.0. The number of hydrogen-bond donors (Lipinski definition) is 0. The number of alkyl halides is 3. The number of hydrogen-bond acceptors (Lipinski definition) is 4. The number of rotatable bonds is 3. The van der Waals surface area contributed by atoms with Crippen LogP contribution in [0.4, 0.5) is 13.2 Å². The van der Waals surface area contributed by atoms with Crippen LogP contribution in [0.1, 0.15) is 40.5 Å². The highest BCUT2D eigenvalue weighted by Gasteiger charge is 2.34. The first kappa shape index (κ1) is 27.0. The smallest absolute Gasteiger partial charge is 0.416 e. The normalized spacial score (nSPS) is 16.6. The molecule has 0 unspecified atom stereocenters. The first-order chi connectivity index (χ1) is 20.2. The Balaban J connectivity index is 1.38. The SMILES string of the molecule is O=c1c(=Cc2ccc(-c3cccc(C(F)(F)F)c3)o2)sc2n1[C@@H](c1ccc(Cl)cc1Cl)C1=C(N=2)c2ccccc2CC1. The molecule has 0 saturated carbocycles. The molecule has 0 amide bonds. The predicted octanol–water partition coefficient (Wildman–Crippen LogP) is 7.90. The molecular weight excluding hydrogens is 604 g/mol. The van der Waals surface area contributed by atoms with Crippen LogP contribution in [0.2, 0.25) is 10.0 Å². The maximum absolute atomic E-state index is 14.0. The molecule has 5 aromatic rings. The third-order valence-corrected chi connectivity index (χ3v) is 9.05. The molecule has 1 atom stereocenters. The monoisotopic (exact) mass is 622 g/mol. The Hall–Kier alpha value is -3.85. The van der Waals surface area contributed by atoms with E-state index < -0.39 is 17.8 Å². The summed E-state index contributed by atoms with van der Waals surface area (Å²) in [5.74, 6) is 0.598. The highest BCUT2D eigenvalue weighted by Crippen LogP contribution is 2.43. The van der Waals surface area contributed by atoms with Crippen molar-refractivity contribution < 1.29 is 17.6 Å². The highest BCUT2D eigenvalue weighted by atomic mass is 35.5. The summed E-state index contributed by atoms with van der Waals surface area (Å²) in [6.07, 6.45) is -1.36. The van der Waals surface area contributed by atoms with Crippen molar-refractivity contribution in [3.63, 3.8) is 0 Å². The first-order valence-corrected chi connectivity index (χ1v) is 14.6. The van der Waals surface area contributed by atoms with E-state index in [1.807, 2.05) is 24.3 Å². The zero-order valence-electron chi connectivity index (χ0n) is 21.6. The molecule has 1 aliphatic heterocycles. The number of benzene rings is 3. The van der Waals surface area contributed by atoms with Crippen LogP contribution in [0.3, 0.4) is 0 Å². The fourth-order valence-electron chi connectivity index (χ4n) is 5.59. The molecule has 4 nitrogen and oxygen atoms in total. The van der Waals surface area contributed by atoms with Crippen LogP contribution in [0, 0.1) is 0 Å². The van der Waals surface area contributed by atoms with Gasteiger partial charge in [-0.25, -0.2) is 4.99 Å². The second kappa shape index (κ2) is 10.2. The molecule has 0 radical (unpaired) electrons. The van der Waals surface area contributed by atoms with Crippen LogP contribution < -0.4 is 14.9 Å². The van der Waals surface area contributed by atoms with Crippen LogP contribution in [0.15, 0.2) is 98.6 Å². The van der Waals surface area contributed by atoms with Gasteiger partial charge in [0.2, 0.25) is 0 Å². The molecule has 3 heterocycles. The third kappa shape index (κ3) is 4.64. The highest BCUT2D eigenvalue weighted by molar-refractivity contribution is 7.07. The summed E-state index contributed by atoms with van der Waals surface area (Å²) in [7, 11) is 0. The molecule has 0 saturated heterocycles. The maximum atomic E-state index is 14.0. The lowest BCUT2D eigenvalue weighted by molar-refractivity contribution is -0.137. The molecule has 3 aromatic carbocycles. The summed E-state index contributed by atoms with van der Waals surface area (Å²) in [5.41, 5.74) is 4.07. The van der Waals surface area contributed by atoms with Gasteiger partial charge in [0.05, 0.1) is 21.8 Å². The van der Waals surface area contributed by atoms with E-state index in [2.05, 4.69) is 6.07 Å². The summed E-state index contributed by atoms with van der Waals surface area (Å²) in [6.45, 7) is 0. The molecule has 210 valence electrons. The summed E-state index contributed by atoms with van der Waals surface area (Å²) < 4.78 is 47.6.